The van der Waals surface area contributed by atoms with E-state index in [1.807, 2.05) is 0 Å². The molecule has 1 rings (SSSR count). The van der Waals surface area contributed by atoms with Crippen molar-refractivity contribution in [2.75, 3.05) is 19.7 Å². The minimum Gasteiger partial charge on any atom is -0.481 e. The Kier molecular flexibility index (Phi) is 6.42. The SMILES string of the molecule is O=C(O)CC1CCCN1CCCCCCO. The summed E-state index contributed by atoms with van der Waals surface area (Å²) in [6.45, 7) is 2.35. The van der Waals surface area contributed by atoms with Crippen molar-refractivity contribution < 1.29 is 15.0 Å². The second kappa shape index (κ2) is 7.63. The molecule has 1 aliphatic heterocycles. The molecule has 94 valence electrons. The van der Waals surface area contributed by atoms with Crippen molar-refractivity contribution in [3.8, 4) is 0 Å². The van der Waals surface area contributed by atoms with Crippen LogP contribution in [0.3, 0.4) is 0 Å². The number of hydrogen-bond acceptors (Lipinski definition) is 3. The lowest BCUT2D eigenvalue weighted by molar-refractivity contribution is -0.138. The van der Waals surface area contributed by atoms with Gasteiger partial charge in [-0.2, -0.15) is 0 Å². The fraction of sp³-hybridized carbons (Fsp3) is 0.917. The first-order valence-corrected chi connectivity index (χ1v) is 6.30. The van der Waals surface area contributed by atoms with Gasteiger partial charge in [-0.15, -0.1) is 0 Å². The second-order valence-corrected chi connectivity index (χ2v) is 4.57. The molecule has 4 nitrogen and oxygen atoms in total. The van der Waals surface area contributed by atoms with Crippen molar-refractivity contribution in [3.63, 3.8) is 0 Å². The van der Waals surface area contributed by atoms with Crippen molar-refractivity contribution in [3.05, 3.63) is 0 Å². The first-order valence-electron chi connectivity index (χ1n) is 6.30. The Morgan fingerprint density at radius 2 is 2.00 bits per heavy atom. The number of rotatable bonds is 8. The van der Waals surface area contributed by atoms with Crippen LogP contribution in [0.4, 0.5) is 0 Å². The van der Waals surface area contributed by atoms with Gasteiger partial charge < -0.3 is 10.2 Å². The molecule has 0 radical (unpaired) electrons. The van der Waals surface area contributed by atoms with E-state index in [4.69, 9.17) is 10.2 Å². The molecule has 1 unspecified atom stereocenters. The number of unbranched alkanes of at least 4 members (excludes halogenated alkanes) is 3. The summed E-state index contributed by atoms with van der Waals surface area (Å²) in [4.78, 5) is 13.0. The number of hydrogen-bond donors (Lipinski definition) is 2. The molecule has 1 saturated heterocycles. The quantitative estimate of drug-likeness (QED) is 0.619. The van der Waals surface area contributed by atoms with Crippen LogP contribution in [0.25, 0.3) is 0 Å². The van der Waals surface area contributed by atoms with Gasteiger partial charge >= 0.3 is 5.97 Å². The maximum Gasteiger partial charge on any atom is 0.304 e. The smallest absolute Gasteiger partial charge is 0.304 e. The summed E-state index contributed by atoms with van der Waals surface area (Å²) in [5, 5.41) is 17.4. The number of aliphatic hydroxyl groups excluding tert-OH is 1. The Morgan fingerprint density at radius 3 is 2.69 bits per heavy atom. The lowest BCUT2D eigenvalue weighted by atomic mass is 10.1. The number of aliphatic hydroxyl groups is 1. The van der Waals surface area contributed by atoms with Gasteiger partial charge in [-0.3, -0.25) is 9.69 Å². The average molecular weight is 229 g/mol. The molecule has 1 fully saturated rings. The molecule has 0 bridgehead atoms. The number of nitrogens with zero attached hydrogens (tertiary/aromatic N) is 1. The van der Waals surface area contributed by atoms with Crippen LogP contribution in [0.5, 0.6) is 0 Å². The van der Waals surface area contributed by atoms with Gasteiger partial charge in [0.25, 0.3) is 0 Å². The minimum atomic E-state index is -0.683. The molecule has 0 aliphatic carbocycles. The zero-order valence-corrected chi connectivity index (χ0v) is 9.90. The molecule has 1 aliphatic rings. The Labute approximate surface area is 97.3 Å². The Morgan fingerprint density at radius 1 is 1.25 bits per heavy atom. The lowest BCUT2D eigenvalue weighted by Gasteiger charge is -2.22. The third kappa shape index (κ3) is 4.94. The first kappa shape index (κ1) is 13.5. The molecule has 1 heterocycles. The molecule has 2 N–H and O–H groups in total. The van der Waals surface area contributed by atoms with Crippen LogP contribution in [-0.4, -0.2) is 46.8 Å². The standard InChI is InChI=1S/C12H23NO3/c14-9-4-2-1-3-7-13-8-5-6-11(13)10-12(15)16/h11,14H,1-10H2,(H,15,16). The number of likely N-dealkylation sites (tertiary alicyclic amines) is 1. The number of carbonyl (C=O) groups is 1. The highest BCUT2D eigenvalue weighted by Crippen LogP contribution is 2.20. The summed E-state index contributed by atoms with van der Waals surface area (Å²) >= 11 is 0. The zero-order valence-electron chi connectivity index (χ0n) is 9.90. The molecule has 0 saturated carbocycles. The van der Waals surface area contributed by atoms with Gasteiger partial charge in [0, 0.05) is 12.6 Å². The van der Waals surface area contributed by atoms with E-state index < -0.39 is 5.97 Å². The van der Waals surface area contributed by atoms with Crippen molar-refractivity contribution in [2.24, 2.45) is 0 Å². The predicted octanol–water partition coefficient (Wildman–Crippen LogP) is 1.48. The van der Waals surface area contributed by atoms with Gasteiger partial charge in [-0.05, 0) is 38.8 Å². The molecule has 0 spiro atoms. The zero-order chi connectivity index (χ0) is 11.8. The number of carboxylic acids is 1. The maximum atomic E-state index is 10.7. The van der Waals surface area contributed by atoms with Crippen molar-refractivity contribution >= 4 is 5.97 Å². The van der Waals surface area contributed by atoms with E-state index in [-0.39, 0.29) is 19.1 Å². The monoisotopic (exact) mass is 229 g/mol. The van der Waals surface area contributed by atoms with Crippen LogP contribution in [0, 0.1) is 0 Å². The minimum absolute atomic E-state index is 0.260. The Balaban J connectivity index is 2.12. The molecular weight excluding hydrogens is 206 g/mol. The highest BCUT2D eigenvalue weighted by atomic mass is 16.4. The van der Waals surface area contributed by atoms with Crippen LogP contribution in [-0.2, 0) is 4.79 Å². The van der Waals surface area contributed by atoms with Crippen molar-refractivity contribution in [1.82, 2.24) is 4.90 Å². The summed E-state index contributed by atoms with van der Waals surface area (Å²) in [6, 6.07) is 0.260. The molecule has 16 heavy (non-hydrogen) atoms. The van der Waals surface area contributed by atoms with Crippen LogP contribution >= 0.6 is 0 Å². The number of carboxylic acid groups (broad SMARTS) is 1. The molecular formula is C12H23NO3. The fourth-order valence-electron chi connectivity index (χ4n) is 2.40. The largest absolute Gasteiger partial charge is 0.481 e. The predicted molar refractivity (Wildman–Crippen MR) is 62.4 cm³/mol. The van der Waals surface area contributed by atoms with Gasteiger partial charge in [0.05, 0.1) is 6.42 Å². The van der Waals surface area contributed by atoms with Gasteiger partial charge in [0.1, 0.15) is 0 Å². The highest BCUT2D eigenvalue weighted by Gasteiger charge is 2.25. The van der Waals surface area contributed by atoms with E-state index >= 15 is 0 Å². The van der Waals surface area contributed by atoms with Crippen LogP contribution in [0.2, 0.25) is 0 Å². The summed E-state index contributed by atoms with van der Waals surface area (Å²) < 4.78 is 0. The van der Waals surface area contributed by atoms with Gasteiger partial charge in [0.2, 0.25) is 0 Å². The maximum absolute atomic E-state index is 10.7. The van der Waals surface area contributed by atoms with Gasteiger partial charge in [0.15, 0.2) is 0 Å². The summed E-state index contributed by atoms with van der Waals surface area (Å²) in [5.41, 5.74) is 0. The molecule has 0 aromatic rings. The topological polar surface area (TPSA) is 60.8 Å². The van der Waals surface area contributed by atoms with Crippen molar-refractivity contribution in [1.29, 1.82) is 0 Å². The van der Waals surface area contributed by atoms with Crippen LogP contribution in [0.1, 0.15) is 44.9 Å². The van der Waals surface area contributed by atoms with E-state index in [9.17, 15) is 4.79 Å². The van der Waals surface area contributed by atoms with Gasteiger partial charge in [-0.25, -0.2) is 0 Å². The van der Waals surface area contributed by atoms with Crippen LogP contribution in [0.15, 0.2) is 0 Å². The highest BCUT2D eigenvalue weighted by molar-refractivity contribution is 5.67. The summed E-state index contributed by atoms with van der Waals surface area (Å²) in [5.74, 6) is -0.683. The lowest BCUT2D eigenvalue weighted by Crippen LogP contribution is -2.32. The van der Waals surface area contributed by atoms with E-state index in [1.165, 1.54) is 0 Å². The van der Waals surface area contributed by atoms with E-state index in [1.54, 1.807) is 0 Å². The van der Waals surface area contributed by atoms with E-state index in [0.717, 1.165) is 51.6 Å². The van der Waals surface area contributed by atoms with E-state index in [2.05, 4.69) is 4.90 Å². The fourth-order valence-corrected chi connectivity index (χ4v) is 2.40. The molecule has 1 atom stereocenters. The third-order valence-corrected chi connectivity index (χ3v) is 3.26. The van der Waals surface area contributed by atoms with Gasteiger partial charge in [-0.1, -0.05) is 12.8 Å². The van der Waals surface area contributed by atoms with Crippen LogP contribution < -0.4 is 0 Å². The Hall–Kier alpha value is -0.610. The van der Waals surface area contributed by atoms with E-state index in [0.29, 0.717) is 0 Å². The third-order valence-electron chi connectivity index (χ3n) is 3.26. The molecule has 0 aromatic carbocycles. The normalized spacial score (nSPS) is 21.4. The Bertz CT molecular complexity index is 208. The first-order chi connectivity index (χ1) is 7.74. The van der Waals surface area contributed by atoms with Crippen molar-refractivity contribution in [2.45, 2.75) is 51.0 Å². The summed E-state index contributed by atoms with van der Waals surface area (Å²) in [6.07, 6.45) is 6.67. The second-order valence-electron chi connectivity index (χ2n) is 4.57. The summed E-state index contributed by atoms with van der Waals surface area (Å²) in [7, 11) is 0. The average Bonchev–Trinajstić information content (AvgIpc) is 2.64. The molecule has 0 aromatic heterocycles. The molecule has 4 heteroatoms. The molecule has 0 amide bonds. The number of aliphatic carboxylic acids is 1.